The Morgan fingerprint density at radius 2 is 1.90 bits per heavy atom. The van der Waals surface area contributed by atoms with E-state index in [9.17, 15) is 4.79 Å². The Balaban J connectivity index is 1.55. The second-order valence-corrected chi connectivity index (χ2v) is 8.65. The van der Waals surface area contributed by atoms with Gasteiger partial charge in [-0.25, -0.2) is 5.01 Å². The molecular weight excluding hydrogens is 386 g/mol. The zero-order valence-corrected chi connectivity index (χ0v) is 17.4. The highest BCUT2D eigenvalue weighted by atomic mass is 35.5. The van der Waals surface area contributed by atoms with Gasteiger partial charge in [0.05, 0.1) is 11.8 Å². The van der Waals surface area contributed by atoms with Crippen molar-refractivity contribution in [1.82, 2.24) is 9.91 Å². The van der Waals surface area contributed by atoms with Gasteiger partial charge in [-0.2, -0.15) is 5.10 Å². The molecule has 1 fully saturated rings. The molecule has 5 rings (SSSR count). The van der Waals surface area contributed by atoms with Crippen LogP contribution in [0.1, 0.15) is 48.9 Å². The maximum Gasteiger partial charge on any atom is 0.219 e. The number of halogens is 1. The molecule has 1 saturated heterocycles. The van der Waals surface area contributed by atoms with Crippen LogP contribution in [0.2, 0.25) is 5.02 Å². The van der Waals surface area contributed by atoms with Gasteiger partial charge in [0.15, 0.2) is 0 Å². The molecule has 1 amide bonds. The van der Waals surface area contributed by atoms with Crippen molar-refractivity contribution in [2.75, 3.05) is 13.1 Å². The fraction of sp³-hybridized carbons (Fsp3) is 0.391. The van der Waals surface area contributed by atoms with Crippen LogP contribution in [0.15, 0.2) is 47.6 Å². The molecule has 3 heterocycles. The van der Waals surface area contributed by atoms with E-state index in [2.05, 4.69) is 30.1 Å². The highest BCUT2D eigenvalue weighted by Gasteiger charge is 2.52. The quantitative estimate of drug-likeness (QED) is 0.695. The summed E-state index contributed by atoms with van der Waals surface area (Å²) in [4.78, 5) is 13.7. The summed E-state index contributed by atoms with van der Waals surface area (Å²) in [5.74, 6) is 1.07. The number of hydrazone groups is 1. The minimum atomic E-state index is -0.507. The molecule has 0 aromatic heterocycles. The Morgan fingerprint density at radius 1 is 1.17 bits per heavy atom. The first-order chi connectivity index (χ1) is 13.9. The van der Waals surface area contributed by atoms with Gasteiger partial charge >= 0.3 is 0 Å². The van der Waals surface area contributed by atoms with Gasteiger partial charge in [-0.15, -0.1) is 0 Å². The minimum Gasteiger partial charge on any atom is -0.466 e. The number of aryl methyl sites for hydroxylation is 1. The number of hydrogen-bond donors (Lipinski definition) is 0. The SMILES string of the molecule is CC(=O)N1CCC2(CC1)Oc1ccc(C)cc1[C@H]1CC(c3ccc(Cl)cc3)=NN12. The summed E-state index contributed by atoms with van der Waals surface area (Å²) in [5.41, 5.74) is 4.05. The summed E-state index contributed by atoms with van der Waals surface area (Å²) in [6, 6.07) is 14.4. The number of amides is 1. The summed E-state index contributed by atoms with van der Waals surface area (Å²) in [7, 11) is 0. The maximum atomic E-state index is 11.8. The van der Waals surface area contributed by atoms with Crippen LogP contribution >= 0.6 is 11.6 Å². The molecule has 150 valence electrons. The van der Waals surface area contributed by atoms with Gasteiger partial charge < -0.3 is 9.64 Å². The van der Waals surface area contributed by atoms with E-state index in [-0.39, 0.29) is 11.9 Å². The van der Waals surface area contributed by atoms with Crippen LogP contribution in [0.5, 0.6) is 5.75 Å². The van der Waals surface area contributed by atoms with E-state index in [1.54, 1.807) is 6.92 Å². The Bertz CT molecular complexity index is 994. The molecule has 0 saturated carbocycles. The Morgan fingerprint density at radius 3 is 2.59 bits per heavy atom. The summed E-state index contributed by atoms with van der Waals surface area (Å²) in [6.07, 6.45) is 2.32. The molecular formula is C23H24ClN3O2. The third kappa shape index (κ3) is 3.08. The number of likely N-dealkylation sites (tertiary alicyclic amines) is 1. The standard InChI is InChI=1S/C23H24ClN3O2/c1-15-3-8-22-19(13-15)21-14-20(17-4-6-18(24)7-5-17)25-27(21)23(29-22)9-11-26(12-10-23)16(2)28/h3-8,13,21H,9-12,14H2,1-2H3/t21-/m1/s1. The molecule has 3 aliphatic rings. The van der Waals surface area contributed by atoms with Crippen LogP contribution in [-0.2, 0) is 4.79 Å². The maximum absolute atomic E-state index is 11.8. The van der Waals surface area contributed by atoms with Crippen LogP contribution in [0.3, 0.4) is 0 Å². The Kier molecular flexibility index (Phi) is 4.32. The highest BCUT2D eigenvalue weighted by molar-refractivity contribution is 6.30. The van der Waals surface area contributed by atoms with Gasteiger partial charge in [-0.05, 0) is 30.7 Å². The van der Waals surface area contributed by atoms with E-state index < -0.39 is 5.72 Å². The van der Waals surface area contributed by atoms with Crippen molar-refractivity contribution in [3.8, 4) is 5.75 Å². The molecule has 0 N–H and O–H groups in total. The van der Waals surface area contributed by atoms with Crippen LogP contribution < -0.4 is 4.74 Å². The normalized spacial score (nSPS) is 22.0. The second-order valence-electron chi connectivity index (χ2n) is 8.21. The molecule has 6 heteroatoms. The number of hydrogen-bond acceptors (Lipinski definition) is 4. The van der Waals surface area contributed by atoms with E-state index >= 15 is 0 Å². The van der Waals surface area contributed by atoms with Crippen LogP contribution in [0.4, 0.5) is 0 Å². The molecule has 0 radical (unpaired) electrons. The fourth-order valence-electron chi connectivity index (χ4n) is 4.72. The predicted octanol–water partition coefficient (Wildman–Crippen LogP) is 4.53. The Hall–Kier alpha value is -2.53. The smallest absolute Gasteiger partial charge is 0.219 e. The number of fused-ring (bicyclic) bond motifs is 4. The molecule has 0 aliphatic carbocycles. The van der Waals surface area contributed by atoms with E-state index in [1.807, 2.05) is 29.2 Å². The topological polar surface area (TPSA) is 45.1 Å². The van der Waals surface area contributed by atoms with Crippen molar-refractivity contribution in [3.63, 3.8) is 0 Å². The highest BCUT2D eigenvalue weighted by Crippen LogP contribution is 2.50. The molecule has 3 aliphatic heterocycles. The number of piperidine rings is 1. The average Bonchev–Trinajstić information content (AvgIpc) is 3.16. The monoisotopic (exact) mass is 409 g/mol. The fourth-order valence-corrected chi connectivity index (χ4v) is 4.85. The van der Waals surface area contributed by atoms with E-state index in [0.717, 1.165) is 41.3 Å². The minimum absolute atomic E-state index is 0.120. The lowest BCUT2D eigenvalue weighted by atomic mass is 9.90. The third-order valence-electron chi connectivity index (χ3n) is 6.32. The van der Waals surface area contributed by atoms with Gasteiger partial charge in [0.25, 0.3) is 0 Å². The van der Waals surface area contributed by atoms with Gasteiger partial charge in [0.1, 0.15) is 5.75 Å². The lowest BCUT2D eigenvalue weighted by Crippen LogP contribution is -2.59. The number of benzene rings is 2. The van der Waals surface area contributed by atoms with E-state index in [0.29, 0.717) is 13.1 Å². The number of carbonyl (C=O) groups excluding carboxylic acids is 1. The zero-order chi connectivity index (χ0) is 20.2. The Labute approximate surface area is 175 Å². The van der Waals surface area contributed by atoms with Crippen LogP contribution in [-0.4, -0.2) is 40.3 Å². The van der Waals surface area contributed by atoms with Gasteiger partial charge in [-0.3, -0.25) is 4.79 Å². The molecule has 1 atom stereocenters. The van der Waals surface area contributed by atoms with Gasteiger partial charge in [0, 0.05) is 49.9 Å². The first-order valence-electron chi connectivity index (χ1n) is 10.1. The first kappa shape index (κ1) is 18.5. The molecule has 29 heavy (non-hydrogen) atoms. The third-order valence-corrected chi connectivity index (χ3v) is 6.57. The van der Waals surface area contributed by atoms with Gasteiger partial charge in [-0.1, -0.05) is 41.4 Å². The molecule has 5 nitrogen and oxygen atoms in total. The summed E-state index contributed by atoms with van der Waals surface area (Å²) >= 11 is 6.08. The number of carbonyl (C=O) groups is 1. The first-order valence-corrected chi connectivity index (χ1v) is 10.5. The van der Waals surface area contributed by atoms with Crippen molar-refractivity contribution in [3.05, 3.63) is 64.2 Å². The molecule has 0 unspecified atom stereocenters. The predicted molar refractivity (Wildman–Crippen MR) is 113 cm³/mol. The van der Waals surface area contributed by atoms with Crippen molar-refractivity contribution >= 4 is 23.2 Å². The number of nitrogens with zero attached hydrogens (tertiary/aromatic N) is 3. The summed E-state index contributed by atoms with van der Waals surface area (Å²) in [5, 5.41) is 7.97. The van der Waals surface area contributed by atoms with Crippen molar-refractivity contribution in [2.24, 2.45) is 5.10 Å². The van der Waals surface area contributed by atoms with Crippen molar-refractivity contribution in [1.29, 1.82) is 0 Å². The average molecular weight is 410 g/mol. The van der Waals surface area contributed by atoms with Crippen LogP contribution in [0.25, 0.3) is 0 Å². The summed E-state index contributed by atoms with van der Waals surface area (Å²) in [6.45, 7) is 5.11. The molecule has 2 aromatic rings. The van der Waals surface area contributed by atoms with Crippen molar-refractivity contribution in [2.45, 2.75) is 44.9 Å². The van der Waals surface area contributed by atoms with E-state index in [1.165, 1.54) is 11.1 Å². The zero-order valence-electron chi connectivity index (χ0n) is 16.7. The largest absolute Gasteiger partial charge is 0.466 e. The van der Waals surface area contributed by atoms with E-state index in [4.69, 9.17) is 21.4 Å². The number of rotatable bonds is 1. The number of ether oxygens (including phenoxy) is 1. The lowest BCUT2D eigenvalue weighted by molar-refractivity contribution is -0.158. The second kappa shape index (κ2) is 6.77. The summed E-state index contributed by atoms with van der Waals surface area (Å²) < 4.78 is 6.62. The van der Waals surface area contributed by atoms with Crippen LogP contribution in [0, 0.1) is 6.92 Å². The van der Waals surface area contributed by atoms with Gasteiger partial charge in [0.2, 0.25) is 11.6 Å². The molecule has 1 spiro atoms. The van der Waals surface area contributed by atoms with Crippen molar-refractivity contribution < 1.29 is 9.53 Å². The molecule has 0 bridgehead atoms. The molecule has 2 aromatic carbocycles. The lowest BCUT2D eigenvalue weighted by Gasteiger charge is -2.51.